The number of aromatic amines is 1. The van der Waals surface area contributed by atoms with E-state index in [1.165, 1.54) is 0 Å². The van der Waals surface area contributed by atoms with Gasteiger partial charge in [0.2, 0.25) is 0 Å². The van der Waals surface area contributed by atoms with Gasteiger partial charge in [-0.05, 0) is 24.3 Å². The maximum Gasteiger partial charge on any atom is 0.161 e. The van der Waals surface area contributed by atoms with Crippen LogP contribution >= 0.6 is 0 Å². The van der Waals surface area contributed by atoms with Gasteiger partial charge in [0, 0.05) is 47.5 Å². The zero-order chi connectivity index (χ0) is 15.3. The van der Waals surface area contributed by atoms with Crippen molar-refractivity contribution < 1.29 is 9.84 Å². The average Bonchev–Trinajstić information content (AvgIpc) is 3.08. The number of nitrogens with one attached hydrogen (secondary N) is 1. The third-order valence-electron chi connectivity index (χ3n) is 3.97. The van der Waals surface area contributed by atoms with Gasteiger partial charge in [-0.2, -0.15) is 0 Å². The van der Waals surface area contributed by atoms with E-state index in [0.717, 1.165) is 33.2 Å². The van der Waals surface area contributed by atoms with Crippen molar-refractivity contribution in [3.63, 3.8) is 0 Å². The summed E-state index contributed by atoms with van der Waals surface area (Å²) < 4.78 is 7.22. The summed E-state index contributed by atoms with van der Waals surface area (Å²) in [6.07, 6.45) is 3.81. The van der Waals surface area contributed by atoms with Gasteiger partial charge in [-0.3, -0.25) is 0 Å². The molecule has 0 saturated carbocycles. The van der Waals surface area contributed by atoms with Gasteiger partial charge >= 0.3 is 0 Å². The number of hydrogen-bond acceptors (Lipinski definition) is 3. The van der Waals surface area contributed by atoms with E-state index in [4.69, 9.17) is 4.74 Å². The van der Waals surface area contributed by atoms with E-state index >= 15 is 0 Å². The van der Waals surface area contributed by atoms with Gasteiger partial charge in [-0.15, -0.1) is 0 Å². The molecule has 110 valence electrons. The van der Waals surface area contributed by atoms with E-state index in [0.29, 0.717) is 5.75 Å². The molecule has 0 atom stereocenters. The number of methoxy groups -OCH3 is 1. The molecule has 2 N–H and O–H groups in total. The first-order valence-electron chi connectivity index (χ1n) is 6.97. The van der Waals surface area contributed by atoms with Gasteiger partial charge in [0.1, 0.15) is 5.65 Å². The summed E-state index contributed by atoms with van der Waals surface area (Å²) in [7, 11) is 3.51. The summed E-state index contributed by atoms with van der Waals surface area (Å²) in [5.74, 6) is 0.607. The first-order valence-corrected chi connectivity index (χ1v) is 6.97. The minimum Gasteiger partial charge on any atom is -0.504 e. The van der Waals surface area contributed by atoms with Gasteiger partial charge < -0.3 is 19.4 Å². The topological polar surface area (TPSA) is 63.1 Å². The van der Waals surface area contributed by atoms with Crippen molar-refractivity contribution in [1.29, 1.82) is 0 Å². The van der Waals surface area contributed by atoms with Crippen molar-refractivity contribution in [2.24, 2.45) is 7.05 Å². The second kappa shape index (κ2) is 4.53. The summed E-state index contributed by atoms with van der Waals surface area (Å²) in [6.45, 7) is 0. The molecule has 4 aromatic rings. The number of nitrogens with zero attached hydrogens (tertiary/aromatic N) is 2. The molecule has 0 aliphatic carbocycles. The van der Waals surface area contributed by atoms with E-state index in [9.17, 15) is 5.11 Å². The average molecular weight is 293 g/mol. The number of phenolic OH excluding ortho intramolecular Hbond substituents is 1. The molecule has 5 heteroatoms. The third-order valence-corrected chi connectivity index (χ3v) is 3.97. The van der Waals surface area contributed by atoms with E-state index in [1.807, 2.05) is 36.0 Å². The first kappa shape index (κ1) is 12.8. The number of ether oxygens (including phenoxy) is 1. The number of aromatic hydroxyl groups is 1. The number of hydrogen-bond donors (Lipinski definition) is 2. The Morgan fingerprint density at radius 1 is 1.27 bits per heavy atom. The van der Waals surface area contributed by atoms with Crippen molar-refractivity contribution in [2.75, 3.05) is 7.11 Å². The second-order valence-corrected chi connectivity index (χ2v) is 5.32. The Morgan fingerprint density at radius 2 is 2.14 bits per heavy atom. The number of pyridine rings is 1. The summed E-state index contributed by atoms with van der Waals surface area (Å²) >= 11 is 0. The number of rotatable bonds is 2. The van der Waals surface area contributed by atoms with Crippen LogP contribution in [-0.2, 0) is 7.05 Å². The van der Waals surface area contributed by atoms with E-state index in [1.54, 1.807) is 19.4 Å². The third kappa shape index (κ3) is 1.75. The maximum atomic E-state index is 9.97. The smallest absolute Gasteiger partial charge is 0.161 e. The molecule has 4 rings (SSSR count). The molecule has 0 radical (unpaired) electrons. The SMILES string of the molecule is COc1cc2c(-c3cc4cccnc4[nH]3)cn(C)c2cc1O. The number of fused-ring (bicyclic) bond motifs is 2. The normalized spacial score (nSPS) is 11.4. The Morgan fingerprint density at radius 3 is 2.91 bits per heavy atom. The van der Waals surface area contributed by atoms with Crippen LogP contribution in [0.4, 0.5) is 0 Å². The molecule has 22 heavy (non-hydrogen) atoms. The van der Waals surface area contributed by atoms with Crippen LogP contribution in [0.1, 0.15) is 0 Å². The molecule has 1 aromatic carbocycles. The fourth-order valence-electron chi connectivity index (χ4n) is 2.88. The van der Waals surface area contributed by atoms with Crippen LogP contribution < -0.4 is 4.74 Å². The molecule has 0 aliphatic heterocycles. The van der Waals surface area contributed by atoms with Crippen LogP contribution in [0.3, 0.4) is 0 Å². The summed E-state index contributed by atoms with van der Waals surface area (Å²) in [5, 5.41) is 12.1. The molecule has 0 fully saturated rings. The highest BCUT2D eigenvalue weighted by molar-refractivity contribution is 5.99. The molecule has 0 bridgehead atoms. The zero-order valence-electron chi connectivity index (χ0n) is 12.3. The lowest BCUT2D eigenvalue weighted by Gasteiger charge is -2.04. The minimum atomic E-state index is 0.140. The van der Waals surface area contributed by atoms with Gasteiger partial charge in [-0.25, -0.2) is 4.98 Å². The lowest BCUT2D eigenvalue weighted by molar-refractivity contribution is 0.374. The number of phenols is 1. The Labute approximate surface area is 126 Å². The van der Waals surface area contributed by atoms with E-state index in [2.05, 4.69) is 16.0 Å². The quantitative estimate of drug-likeness (QED) is 0.595. The van der Waals surface area contributed by atoms with Crippen molar-refractivity contribution in [1.82, 2.24) is 14.5 Å². The standard InChI is InChI=1S/C17H15N3O2/c1-20-9-12(11-7-16(22-2)15(21)8-14(11)20)13-6-10-4-3-5-18-17(10)19-13/h3-9,21H,1-2H3,(H,18,19). The zero-order valence-corrected chi connectivity index (χ0v) is 12.3. The number of aromatic nitrogens is 3. The molecule has 3 heterocycles. The largest absolute Gasteiger partial charge is 0.504 e. The molecular weight excluding hydrogens is 278 g/mol. The van der Waals surface area contributed by atoms with Crippen molar-refractivity contribution in [2.45, 2.75) is 0 Å². The fourth-order valence-corrected chi connectivity index (χ4v) is 2.88. The Kier molecular flexibility index (Phi) is 2.63. The fraction of sp³-hybridized carbons (Fsp3) is 0.118. The van der Waals surface area contributed by atoms with Crippen LogP contribution in [0.5, 0.6) is 11.5 Å². The van der Waals surface area contributed by atoms with E-state index < -0.39 is 0 Å². The van der Waals surface area contributed by atoms with Crippen LogP contribution in [0.15, 0.2) is 42.7 Å². The van der Waals surface area contributed by atoms with Gasteiger partial charge in [0.25, 0.3) is 0 Å². The highest BCUT2D eigenvalue weighted by atomic mass is 16.5. The van der Waals surface area contributed by atoms with Crippen molar-refractivity contribution in [3.05, 3.63) is 42.7 Å². The number of benzene rings is 1. The van der Waals surface area contributed by atoms with Gasteiger partial charge in [0.15, 0.2) is 11.5 Å². The Balaban J connectivity index is 2.01. The number of H-pyrrole nitrogens is 1. The molecule has 3 aromatic heterocycles. The van der Waals surface area contributed by atoms with Crippen LogP contribution in [0.25, 0.3) is 33.2 Å². The Bertz CT molecular complexity index is 965. The highest BCUT2D eigenvalue weighted by Gasteiger charge is 2.14. The van der Waals surface area contributed by atoms with E-state index in [-0.39, 0.29) is 5.75 Å². The molecular formula is C17H15N3O2. The van der Waals surface area contributed by atoms with Crippen LogP contribution in [-0.4, -0.2) is 26.8 Å². The predicted molar refractivity (Wildman–Crippen MR) is 86.2 cm³/mol. The summed E-state index contributed by atoms with van der Waals surface area (Å²) in [6, 6.07) is 9.61. The lowest BCUT2D eigenvalue weighted by Crippen LogP contribution is -1.86. The molecule has 0 amide bonds. The molecule has 0 saturated heterocycles. The monoisotopic (exact) mass is 293 g/mol. The van der Waals surface area contributed by atoms with Crippen LogP contribution in [0.2, 0.25) is 0 Å². The summed E-state index contributed by atoms with van der Waals surface area (Å²) in [4.78, 5) is 7.68. The molecule has 5 nitrogen and oxygen atoms in total. The highest BCUT2D eigenvalue weighted by Crippen LogP contribution is 2.37. The Hall–Kier alpha value is -2.95. The summed E-state index contributed by atoms with van der Waals surface area (Å²) in [5.41, 5.74) is 3.85. The molecule has 0 unspecified atom stereocenters. The second-order valence-electron chi connectivity index (χ2n) is 5.32. The van der Waals surface area contributed by atoms with Crippen molar-refractivity contribution in [3.8, 4) is 22.8 Å². The minimum absolute atomic E-state index is 0.140. The number of aryl methyl sites for hydroxylation is 1. The van der Waals surface area contributed by atoms with Crippen LogP contribution in [0, 0.1) is 0 Å². The predicted octanol–water partition coefficient (Wildman–Crippen LogP) is 3.44. The lowest BCUT2D eigenvalue weighted by atomic mass is 10.1. The molecule has 0 spiro atoms. The van der Waals surface area contributed by atoms with Gasteiger partial charge in [0.05, 0.1) is 12.6 Å². The maximum absolute atomic E-state index is 9.97. The first-order chi connectivity index (χ1) is 10.7. The molecule has 0 aliphatic rings. The van der Waals surface area contributed by atoms with Gasteiger partial charge in [-0.1, -0.05) is 0 Å². The van der Waals surface area contributed by atoms with Crippen molar-refractivity contribution >= 4 is 21.9 Å².